The molecule has 0 radical (unpaired) electrons. The molecule has 130 valence electrons. The Morgan fingerprint density at radius 2 is 1.88 bits per heavy atom. The molecule has 1 atom stereocenters. The maximum absolute atomic E-state index is 12.2. The molecule has 7 heteroatoms. The predicted octanol–water partition coefficient (Wildman–Crippen LogP) is 1.49. The van der Waals surface area contributed by atoms with Gasteiger partial charge in [-0.25, -0.2) is 0 Å². The number of ketones is 1. The minimum Gasteiger partial charge on any atom is -0.486 e. The van der Waals surface area contributed by atoms with E-state index in [4.69, 9.17) is 9.47 Å². The molecule has 24 heavy (non-hydrogen) atoms. The van der Waals surface area contributed by atoms with Gasteiger partial charge in [0.25, 0.3) is 0 Å². The van der Waals surface area contributed by atoms with E-state index >= 15 is 0 Å². The van der Waals surface area contributed by atoms with Crippen molar-refractivity contribution >= 4 is 17.7 Å². The van der Waals surface area contributed by atoms with Gasteiger partial charge in [0.2, 0.25) is 5.91 Å². The SMILES string of the molecule is COC(=O)CC(C)NC(=O)CCC(=O)c1ccc2c(c1)OCCO2. The summed E-state index contributed by atoms with van der Waals surface area (Å²) in [5.41, 5.74) is 0.481. The molecule has 0 bridgehead atoms. The summed E-state index contributed by atoms with van der Waals surface area (Å²) in [4.78, 5) is 35.1. The number of ether oxygens (including phenoxy) is 3. The van der Waals surface area contributed by atoms with Crippen molar-refractivity contribution in [3.8, 4) is 11.5 Å². The second kappa shape index (κ2) is 8.33. The van der Waals surface area contributed by atoms with Crippen LogP contribution in [0.3, 0.4) is 0 Å². The molecule has 0 fully saturated rings. The van der Waals surface area contributed by atoms with Crippen LogP contribution in [0.1, 0.15) is 36.5 Å². The van der Waals surface area contributed by atoms with Crippen LogP contribution in [-0.4, -0.2) is 44.0 Å². The van der Waals surface area contributed by atoms with Crippen LogP contribution in [0.2, 0.25) is 0 Å². The topological polar surface area (TPSA) is 90.9 Å². The fraction of sp³-hybridized carbons (Fsp3) is 0.471. The van der Waals surface area contributed by atoms with E-state index in [2.05, 4.69) is 10.1 Å². The number of benzene rings is 1. The molecule has 1 aliphatic rings. The van der Waals surface area contributed by atoms with Crippen LogP contribution >= 0.6 is 0 Å². The molecule has 1 aliphatic heterocycles. The number of hydrogen-bond acceptors (Lipinski definition) is 6. The number of carbonyl (C=O) groups is 3. The quantitative estimate of drug-likeness (QED) is 0.600. The first kappa shape index (κ1) is 17.8. The van der Waals surface area contributed by atoms with Gasteiger partial charge in [-0.05, 0) is 25.1 Å². The smallest absolute Gasteiger partial charge is 0.307 e. The van der Waals surface area contributed by atoms with E-state index in [-0.39, 0.29) is 37.0 Å². The highest BCUT2D eigenvalue weighted by atomic mass is 16.6. The molecule has 1 heterocycles. The third-order valence-corrected chi connectivity index (χ3v) is 3.55. The van der Waals surface area contributed by atoms with Gasteiger partial charge in [0, 0.05) is 24.4 Å². The number of methoxy groups -OCH3 is 1. The lowest BCUT2D eigenvalue weighted by molar-refractivity contribution is -0.141. The average Bonchev–Trinajstić information content (AvgIpc) is 2.58. The highest BCUT2D eigenvalue weighted by Crippen LogP contribution is 2.31. The van der Waals surface area contributed by atoms with E-state index in [0.29, 0.717) is 30.3 Å². The summed E-state index contributed by atoms with van der Waals surface area (Å²) in [6.45, 7) is 2.65. The third-order valence-electron chi connectivity index (χ3n) is 3.55. The molecule has 0 spiro atoms. The van der Waals surface area contributed by atoms with E-state index in [1.54, 1.807) is 25.1 Å². The lowest BCUT2D eigenvalue weighted by Gasteiger charge is -2.18. The summed E-state index contributed by atoms with van der Waals surface area (Å²) in [5, 5.41) is 2.67. The first-order valence-corrected chi connectivity index (χ1v) is 7.78. The standard InChI is InChI=1S/C17H21NO6/c1-11(9-17(21)22-2)18-16(20)6-4-13(19)12-3-5-14-15(10-12)24-8-7-23-14/h3,5,10-11H,4,6-9H2,1-2H3,(H,18,20). The summed E-state index contributed by atoms with van der Waals surface area (Å²) in [6.07, 6.45) is 0.230. The summed E-state index contributed by atoms with van der Waals surface area (Å²) in [5.74, 6) is 0.339. The van der Waals surface area contributed by atoms with Crippen LogP contribution in [0.5, 0.6) is 11.5 Å². The summed E-state index contributed by atoms with van der Waals surface area (Å²) in [6, 6.07) is 4.65. The Balaban J connectivity index is 1.82. The number of fused-ring (bicyclic) bond motifs is 1. The predicted molar refractivity (Wildman–Crippen MR) is 85.2 cm³/mol. The molecule has 2 rings (SSSR count). The van der Waals surface area contributed by atoms with Gasteiger partial charge in [0.05, 0.1) is 13.5 Å². The largest absolute Gasteiger partial charge is 0.486 e. The Morgan fingerprint density at radius 1 is 1.17 bits per heavy atom. The number of rotatable bonds is 7. The van der Waals surface area contributed by atoms with Gasteiger partial charge in [0.1, 0.15) is 13.2 Å². The summed E-state index contributed by atoms with van der Waals surface area (Å²) < 4.78 is 15.4. The third kappa shape index (κ3) is 4.97. The van der Waals surface area contributed by atoms with Crippen LogP contribution in [0.25, 0.3) is 0 Å². The number of esters is 1. The van der Waals surface area contributed by atoms with Crippen molar-refractivity contribution in [3.63, 3.8) is 0 Å². The Kier molecular flexibility index (Phi) is 6.17. The fourth-order valence-electron chi connectivity index (χ4n) is 2.32. The molecule has 0 saturated heterocycles. The van der Waals surface area contributed by atoms with E-state index in [9.17, 15) is 14.4 Å². The second-order valence-electron chi connectivity index (χ2n) is 5.53. The van der Waals surface area contributed by atoms with E-state index in [1.807, 2.05) is 0 Å². The minimum absolute atomic E-state index is 0.0544. The number of Topliss-reactive ketones (excluding diaryl/α,β-unsaturated/α-hetero) is 1. The molecule has 7 nitrogen and oxygen atoms in total. The van der Waals surface area contributed by atoms with Crippen molar-refractivity contribution in [2.75, 3.05) is 20.3 Å². The van der Waals surface area contributed by atoms with Crippen LogP contribution < -0.4 is 14.8 Å². The highest BCUT2D eigenvalue weighted by Gasteiger charge is 2.17. The van der Waals surface area contributed by atoms with Crippen molar-refractivity contribution < 1.29 is 28.6 Å². The lowest BCUT2D eigenvalue weighted by Crippen LogP contribution is -2.34. The van der Waals surface area contributed by atoms with Gasteiger partial charge >= 0.3 is 5.97 Å². The van der Waals surface area contributed by atoms with Gasteiger partial charge in [-0.2, -0.15) is 0 Å². The molecular weight excluding hydrogens is 314 g/mol. The van der Waals surface area contributed by atoms with Gasteiger partial charge in [-0.15, -0.1) is 0 Å². The Hall–Kier alpha value is -2.57. The molecule has 1 aromatic carbocycles. The van der Waals surface area contributed by atoms with Crippen molar-refractivity contribution in [1.82, 2.24) is 5.32 Å². The van der Waals surface area contributed by atoms with E-state index in [1.165, 1.54) is 7.11 Å². The fourth-order valence-corrected chi connectivity index (χ4v) is 2.32. The monoisotopic (exact) mass is 335 g/mol. The molecule has 0 aliphatic carbocycles. The van der Waals surface area contributed by atoms with Gasteiger partial charge in [-0.3, -0.25) is 14.4 Å². The average molecular weight is 335 g/mol. The lowest BCUT2D eigenvalue weighted by atomic mass is 10.1. The van der Waals surface area contributed by atoms with Crippen molar-refractivity contribution in [1.29, 1.82) is 0 Å². The maximum Gasteiger partial charge on any atom is 0.307 e. The summed E-state index contributed by atoms with van der Waals surface area (Å²) in [7, 11) is 1.29. The maximum atomic E-state index is 12.2. The van der Waals surface area contributed by atoms with Crippen LogP contribution in [0.4, 0.5) is 0 Å². The Labute approximate surface area is 140 Å². The Bertz CT molecular complexity index is 628. The number of hydrogen-bond donors (Lipinski definition) is 1. The molecule has 0 saturated carbocycles. The van der Waals surface area contributed by atoms with Crippen molar-refractivity contribution in [2.45, 2.75) is 32.2 Å². The number of carbonyl (C=O) groups excluding carboxylic acids is 3. The zero-order chi connectivity index (χ0) is 17.5. The number of nitrogens with one attached hydrogen (secondary N) is 1. The van der Waals surface area contributed by atoms with Crippen molar-refractivity contribution in [3.05, 3.63) is 23.8 Å². The zero-order valence-electron chi connectivity index (χ0n) is 13.8. The zero-order valence-corrected chi connectivity index (χ0v) is 13.8. The molecule has 1 N–H and O–H groups in total. The molecule has 1 aromatic rings. The first-order chi connectivity index (χ1) is 11.5. The first-order valence-electron chi connectivity index (χ1n) is 7.78. The van der Waals surface area contributed by atoms with Gasteiger partial charge < -0.3 is 19.5 Å². The highest BCUT2D eigenvalue weighted by molar-refractivity contribution is 5.98. The van der Waals surface area contributed by atoms with Crippen LogP contribution in [-0.2, 0) is 14.3 Å². The summed E-state index contributed by atoms with van der Waals surface area (Å²) >= 11 is 0. The molecule has 0 aromatic heterocycles. The number of amides is 1. The van der Waals surface area contributed by atoms with E-state index < -0.39 is 5.97 Å². The van der Waals surface area contributed by atoms with E-state index in [0.717, 1.165) is 0 Å². The normalized spacial score (nSPS) is 13.8. The Morgan fingerprint density at radius 3 is 2.58 bits per heavy atom. The molecule has 1 unspecified atom stereocenters. The van der Waals surface area contributed by atoms with Crippen LogP contribution in [0, 0.1) is 0 Å². The second-order valence-corrected chi connectivity index (χ2v) is 5.53. The van der Waals surface area contributed by atoms with Crippen molar-refractivity contribution in [2.24, 2.45) is 0 Å². The van der Waals surface area contributed by atoms with Crippen LogP contribution in [0.15, 0.2) is 18.2 Å². The molecular formula is C17H21NO6. The molecule has 1 amide bonds. The minimum atomic E-state index is -0.393. The van der Waals surface area contributed by atoms with Gasteiger partial charge in [-0.1, -0.05) is 0 Å². The van der Waals surface area contributed by atoms with Gasteiger partial charge in [0.15, 0.2) is 17.3 Å².